The van der Waals surface area contributed by atoms with Crippen LogP contribution in [0.15, 0.2) is 53.1 Å². The number of hydrogen-bond donors (Lipinski definition) is 0. The fourth-order valence-corrected chi connectivity index (χ4v) is 2.69. The van der Waals surface area contributed by atoms with Crippen LogP contribution in [-0.2, 0) is 17.8 Å². The van der Waals surface area contributed by atoms with Crippen molar-refractivity contribution in [3.8, 4) is 11.4 Å². The molecule has 0 aliphatic carbocycles. The lowest BCUT2D eigenvalue weighted by molar-refractivity contribution is -0.130. The molecule has 26 heavy (non-hydrogen) atoms. The highest BCUT2D eigenvalue weighted by Crippen LogP contribution is 2.17. The number of hydrogen-bond acceptors (Lipinski definition) is 4. The summed E-state index contributed by atoms with van der Waals surface area (Å²) < 4.78 is 18.1. The molecule has 0 spiro atoms. The van der Waals surface area contributed by atoms with Gasteiger partial charge in [0.25, 0.3) is 0 Å². The van der Waals surface area contributed by atoms with Gasteiger partial charge < -0.3 is 9.42 Å². The number of carbonyl (C=O) groups excluding carboxylic acids is 1. The summed E-state index contributed by atoms with van der Waals surface area (Å²) in [6, 6.07) is 13.2. The molecule has 3 aromatic rings. The van der Waals surface area contributed by atoms with Crippen LogP contribution in [-0.4, -0.2) is 28.0 Å². The van der Waals surface area contributed by atoms with E-state index in [9.17, 15) is 9.18 Å². The van der Waals surface area contributed by atoms with Gasteiger partial charge in [-0.1, -0.05) is 28.9 Å². The van der Waals surface area contributed by atoms with Crippen molar-refractivity contribution < 1.29 is 13.7 Å². The number of rotatable bonds is 6. The lowest BCUT2D eigenvalue weighted by atomic mass is 10.2. The molecule has 0 aliphatic heterocycles. The van der Waals surface area contributed by atoms with E-state index in [1.807, 2.05) is 18.2 Å². The number of benzene rings is 2. The Morgan fingerprint density at radius 2 is 2.00 bits per heavy atom. The average molecular weight is 374 g/mol. The first-order valence-electron chi connectivity index (χ1n) is 8.08. The van der Waals surface area contributed by atoms with E-state index in [0.29, 0.717) is 35.3 Å². The number of nitrogens with zero attached hydrogens (tertiary/aromatic N) is 3. The average Bonchev–Trinajstić information content (AvgIpc) is 3.09. The summed E-state index contributed by atoms with van der Waals surface area (Å²) >= 11 is 5.96. The third-order valence-electron chi connectivity index (χ3n) is 3.86. The SMILES string of the molecule is CN(Cc1cccc(Cl)c1)C(=O)CCc1nc(-c2ccc(F)cc2)no1. The van der Waals surface area contributed by atoms with Crippen molar-refractivity contribution in [3.05, 3.63) is 70.8 Å². The van der Waals surface area contributed by atoms with Crippen LogP contribution in [0.5, 0.6) is 0 Å². The van der Waals surface area contributed by atoms with Crippen LogP contribution >= 0.6 is 11.6 Å². The number of carbonyl (C=O) groups is 1. The molecule has 0 saturated heterocycles. The molecule has 0 radical (unpaired) electrons. The van der Waals surface area contributed by atoms with Gasteiger partial charge in [-0.15, -0.1) is 0 Å². The molecule has 1 aromatic heterocycles. The third kappa shape index (κ3) is 4.67. The Labute approximate surface area is 155 Å². The van der Waals surface area contributed by atoms with Crippen LogP contribution in [0.25, 0.3) is 11.4 Å². The molecule has 0 bridgehead atoms. The molecule has 0 aliphatic rings. The fraction of sp³-hybridized carbons (Fsp3) is 0.211. The van der Waals surface area contributed by atoms with E-state index in [1.165, 1.54) is 12.1 Å². The van der Waals surface area contributed by atoms with E-state index < -0.39 is 0 Å². The van der Waals surface area contributed by atoms with E-state index in [0.717, 1.165) is 5.56 Å². The van der Waals surface area contributed by atoms with Gasteiger partial charge in [0, 0.05) is 37.0 Å². The van der Waals surface area contributed by atoms with Crippen molar-refractivity contribution in [2.45, 2.75) is 19.4 Å². The van der Waals surface area contributed by atoms with Crippen LogP contribution in [0, 0.1) is 5.82 Å². The van der Waals surface area contributed by atoms with Crippen molar-refractivity contribution in [2.75, 3.05) is 7.05 Å². The van der Waals surface area contributed by atoms with Gasteiger partial charge >= 0.3 is 0 Å². The first-order chi connectivity index (χ1) is 12.5. The molecular weight excluding hydrogens is 357 g/mol. The molecule has 0 atom stereocenters. The Bertz CT molecular complexity index is 896. The van der Waals surface area contributed by atoms with Gasteiger partial charge in [0.1, 0.15) is 5.82 Å². The third-order valence-corrected chi connectivity index (χ3v) is 4.09. The van der Waals surface area contributed by atoms with Crippen molar-refractivity contribution in [1.29, 1.82) is 0 Å². The van der Waals surface area contributed by atoms with E-state index in [1.54, 1.807) is 30.1 Å². The van der Waals surface area contributed by atoms with Crippen LogP contribution in [0.4, 0.5) is 4.39 Å². The maximum atomic E-state index is 13.0. The van der Waals surface area contributed by atoms with Crippen molar-refractivity contribution in [1.82, 2.24) is 15.0 Å². The molecule has 1 heterocycles. The largest absolute Gasteiger partial charge is 0.341 e. The summed E-state index contributed by atoms with van der Waals surface area (Å²) in [6.45, 7) is 0.476. The monoisotopic (exact) mass is 373 g/mol. The molecule has 0 saturated carbocycles. The summed E-state index contributed by atoms with van der Waals surface area (Å²) in [6.07, 6.45) is 0.592. The van der Waals surface area contributed by atoms with Crippen LogP contribution < -0.4 is 0 Å². The Hall–Kier alpha value is -2.73. The van der Waals surface area contributed by atoms with Crippen molar-refractivity contribution in [3.63, 3.8) is 0 Å². The van der Waals surface area contributed by atoms with Crippen LogP contribution in [0.1, 0.15) is 17.9 Å². The van der Waals surface area contributed by atoms with Gasteiger partial charge in [-0.3, -0.25) is 4.79 Å². The zero-order valence-corrected chi connectivity index (χ0v) is 14.9. The molecule has 3 rings (SSSR count). The summed E-state index contributed by atoms with van der Waals surface area (Å²) in [5.41, 5.74) is 1.62. The van der Waals surface area contributed by atoms with E-state index in [4.69, 9.17) is 16.1 Å². The maximum absolute atomic E-state index is 13.0. The number of halogens is 2. The molecule has 134 valence electrons. The number of aryl methyl sites for hydroxylation is 1. The van der Waals surface area contributed by atoms with Crippen LogP contribution in [0.2, 0.25) is 5.02 Å². The molecule has 0 unspecified atom stereocenters. The topological polar surface area (TPSA) is 59.2 Å². The second-order valence-electron chi connectivity index (χ2n) is 5.90. The first kappa shape index (κ1) is 18.1. The number of amides is 1. The van der Waals surface area contributed by atoms with Gasteiger partial charge in [0.05, 0.1) is 0 Å². The normalized spacial score (nSPS) is 10.7. The highest BCUT2D eigenvalue weighted by molar-refractivity contribution is 6.30. The predicted octanol–water partition coefficient (Wildman–Crippen LogP) is 4.12. The summed E-state index contributed by atoms with van der Waals surface area (Å²) in [4.78, 5) is 18.2. The van der Waals surface area contributed by atoms with Gasteiger partial charge in [-0.05, 0) is 42.0 Å². The van der Waals surface area contributed by atoms with E-state index >= 15 is 0 Å². The van der Waals surface area contributed by atoms with Gasteiger partial charge in [-0.25, -0.2) is 4.39 Å². The Balaban J connectivity index is 1.55. The second-order valence-corrected chi connectivity index (χ2v) is 6.33. The maximum Gasteiger partial charge on any atom is 0.227 e. The molecule has 7 heteroatoms. The van der Waals surface area contributed by atoms with E-state index in [-0.39, 0.29) is 18.1 Å². The Morgan fingerprint density at radius 3 is 2.73 bits per heavy atom. The minimum absolute atomic E-state index is 0.0356. The van der Waals surface area contributed by atoms with E-state index in [2.05, 4.69) is 10.1 Å². The highest BCUT2D eigenvalue weighted by atomic mass is 35.5. The Kier molecular flexibility index (Phi) is 5.63. The fourth-order valence-electron chi connectivity index (χ4n) is 2.47. The minimum atomic E-state index is -0.328. The smallest absolute Gasteiger partial charge is 0.227 e. The molecule has 2 aromatic carbocycles. The molecule has 1 amide bonds. The molecule has 5 nitrogen and oxygen atoms in total. The quantitative estimate of drug-likeness (QED) is 0.652. The summed E-state index contributed by atoms with van der Waals surface area (Å²) in [7, 11) is 1.74. The van der Waals surface area contributed by atoms with Gasteiger partial charge in [-0.2, -0.15) is 4.98 Å². The zero-order valence-electron chi connectivity index (χ0n) is 14.2. The zero-order chi connectivity index (χ0) is 18.5. The number of aromatic nitrogens is 2. The van der Waals surface area contributed by atoms with Crippen LogP contribution in [0.3, 0.4) is 0 Å². The predicted molar refractivity (Wildman–Crippen MR) is 95.9 cm³/mol. The highest BCUT2D eigenvalue weighted by Gasteiger charge is 2.14. The summed E-state index contributed by atoms with van der Waals surface area (Å²) in [5.74, 6) is 0.380. The molecule has 0 N–H and O–H groups in total. The lowest BCUT2D eigenvalue weighted by Gasteiger charge is -2.17. The molecule has 0 fully saturated rings. The van der Waals surface area contributed by atoms with Gasteiger partial charge in [0.2, 0.25) is 17.6 Å². The molecular formula is C19H17ClFN3O2. The second kappa shape index (κ2) is 8.10. The minimum Gasteiger partial charge on any atom is -0.341 e. The summed E-state index contributed by atoms with van der Waals surface area (Å²) in [5, 5.41) is 4.51. The lowest BCUT2D eigenvalue weighted by Crippen LogP contribution is -2.26. The standard InChI is InChI=1S/C19H17ClFN3O2/c1-24(12-13-3-2-4-15(20)11-13)18(25)10-9-17-22-19(23-26-17)14-5-7-16(21)8-6-14/h2-8,11H,9-10,12H2,1H3. The van der Waals surface area contributed by atoms with Crippen molar-refractivity contribution in [2.24, 2.45) is 0 Å². The van der Waals surface area contributed by atoms with Gasteiger partial charge in [0.15, 0.2) is 0 Å². The first-order valence-corrected chi connectivity index (χ1v) is 8.46. The van der Waals surface area contributed by atoms with Crippen molar-refractivity contribution >= 4 is 17.5 Å². The Morgan fingerprint density at radius 1 is 1.23 bits per heavy atom.